The number of fused-ring (bicyclic) bond motifs is 8. The zero-order valence-electron chi connectivity index (χ0n) is 8.06. The molecule has 2 bridgehead atoms. The van der Waals surface area contributed by atoms with Crippen LogP contribution in [-0.4, -0.2) is 11.9 Å². The first-order valence-electron chi connectivity index (χ1n) is 4.75. The lowest BCUT2D eigenvalue weighted by Crippen LogP contribution is -2.09. The fourth-order valence-electron chi connectivity index (χ4n) is 1.32. The normalized spacial score (nSPS) is 16.5. The first-order valence-corrected chi connectivity index (χ1v) is 4.75. The summed E-state index contributed by atoms with van der Waals surface area (Å²) < 4.78 is 10.1. The Morgan fingerprint density at radius 3 is 1.60 bits per heavy atom. The molecule has 4 nitrogen and oxygen atoms in total. The Morgan fingerprint density at radius 2 is 1.20 bits per heavy atom. The van der Waals surface area contributed by atoms with E-state index in [1.807, 2.05) is 0 Å². The lowest BCUT2D eigenvalue weighted by atomic mass is 10.2. The molecular formula is C11H10O4. The van der Waals surface area contributed by atoms with Crippen molar-refractivity contribution in [2.45, 2.75) is 19.3 Å². The van der Waals surface area contributed by atoms with Crippen molar-refractivity contribution in [3.63, 3.8) is 0 Å². The van der Waals surface area contributed by atoms with Crippen molar-refractivity contribution in [3.05, 3.63) is 24.3 Å². The van der Waals surface area contributed by atoms with Crippen LogP contribution >= 0.6 is 0 Å². The quantitative estimate of drug-likeness (QED) is 0.478. The van der Waals surface area contributed by atoms with Gasteiger partial charge in [0.15, 0.2) is 0 Å². The van der Waals surface area contributed by atoms with Gasteiger partial charge in [-0.1, -0.05) is 0 Å². The molecule has 2 heterocycles. The van der Waals surface area contributed by atoms with Crippen LogP contribution < -0.4 is 9.47 Å². The van der Waals surface area contributed by atoms with Crippen LogP contribution in [0.5, 0.6) is 11.5 Å². The average Bonchev–Trinajstić information content (AvgIpc) is 2.24. The van der Waals surface area contributed by atoms with Crippen molar-refractivity contribution >= 4 is 11.9 Å². The third-order valence-corrected chi connectivity index (χ3v) is 2.05. The van der Waals surface area contributed by atoms with Crippen LogP contribution in [0.4, 0.5) is 0 Å². The fourth-order valence-corrected chi connectivity index (χ4v) is 1.32. The largest absolute Gasteiger partial charge is 0.427 e. The molecule has 1 aromatic carbocycles. The van der Waals surface area contributed by atoms with E-state index in [9.17, 15) is 9.59 Å². The minimum absolute atomic E-state index is 0.232. The number of hydrogen-bond acceptors (Lipinski definition) is 4. The van der Waals surface area contributed by atoms with E-state index in [-0.39, 0.29) is 24.8 Å². The molecule has 0 spiro atoms. The summed E-state index contributed by atoms with van der Waals surface area (Å²) in [6.07, 6.45) is 0.920. The van der Waals surface area contributed by atoms with Gasteiger partial charge in [0.25, 0.3) is 0 Å². The highest BCUT2D eigenvalue weighted by Crippen LogP contribution is 2.20. The number of carbonyl (C=O) groups is 2. The first-order chi connectivity index (χ1) is 7.24. The maximum atomic E-state index is 11.2. The van der Waals surface area contributed by atoms with Gasteiger partial charge in [0.2, 0.25) is 0 Å². The molecule has 0 aliphatic carbocycles. The van der Waals surface area contributed by atoms with Gasteiger partial charge in [-0.3, -0.25) is 9.59 Å². The Labute approximate surface area is 86.8 Å². The van der Waals surface area contributed by atoms with E-state index in [1.165, 1.54) is 0 Å². The maximum Gasteiger partial charge on any atom is 0.311 e. The van der Waals surface area contributed by atoms with Crippen molar-refractivity contribution in [2.24, 2.45) is 0 Å². The number of rotatable bonds is 0. The Bertz CT molecular complexity index is 343. The average molecular weight is 206 g/mol. The molecule has 0 amide bonds. The number of hydrogen-bond donors (Lipinski definition) is 0. The van der Waals surface area contributed by atoms with Gasteiger partial charge in [0, 0.05) is 12.8 Å². The lowest BCUT2D eigenvalue weighted by molar-refractivity contribution is -0.135. The van der Waals surface area contributed by atoms with Crippen molar-refractivity contribution in [1.29, 1.82) is 0 Å². The van der Waals surface area contributed by atoms with Gasteiger partial charge in [-0.15, -0.1) is 0 Å². The monoisotopic (exact) mass is 206 g/mol. The summed E-state index contributed by atoms with van der Waals surface area (Å²) >= 11 is 0. The summed E-state index contributed by atoms with van der Waals surface area (Å²) in [6, 6.07) is 6.41. The maximum absolute atomic E-state index is 11.2. The van der Waals surface area contributed by atoms with Gasteiger partial charge in [-0.2, -0.15) is 0 Å². The molecule has 0 saturated heterocycles. The standard InChI is InChI=1S/C11H10O4/c12-10-2-1-3-11(13)15-9-6-4-8(14-10)5-7-9/h4-7H,1-3H2. The molecule has 0 atom stereocenters. The summed E-state index contributed by atoms with van der Waals surface area (Å²) in [5, 5.41) is 0. The summed E-state index contributed by atoms with van der Waals surface area (Å²) in [6.45, 7) is 0. The van der Waals surface area contributed by atoms with E-state index in [1.54, 1.807) is 24.3 Å². The third-order valence-electron chi connectivity index (χ3n) is 2.05. The highest BCUT2D eigenvalue weighted by atomic mass is 16.5. The molecular weight excluding hydrogens is 196 g/mol. The molecule has 78 valence electrons. The zero-order valence-corrected chi connectivity index (χ0v) is 8.06. The van der Waals surface area contributed by atoms with Gasteiger partial charge in [-0.25, -0.2) is 0 Å². The smallest absolute Gasteiger partial charge is 0.311 e. The van der Waals surface area contributed by atoms with Crippen LogP contribution in [-0.2, 0) is 9.59 Å². The molecule has 2 aliphatic heterocycles. The van der Waals surface area contributed by atoms with Crippen LogP contribution in [0.15, 0.2) is 24.3 Å². The van der Waals surface area contributed by atoms with Crippen LogP contribution in [0.3, 0.4) is 0 Å². The molecule has 0 unspecified atom stereocenters. The lowest BCUT2D eigenvalue weighted by Gasteiger charge is -2.02. The summed E-state index contributed by atoms with van der Waals surface area (Å²) in [7, 11) is 0. The highest BCUT2D eigenvalue weighted by Gasteiger charge is 2.11. The van der Waals surface area contributed by atoms with Crippen molar-refractivity contribution in [3.8, 4) is 11.5 Å². The van der Waals surface area contributed by atoms with E-state index in [0.29, 0.717) is 17.9 Å². The molecule has 4 heteroatoms. The summed E-state index contributed by atoms with van der Waals surface area (Å²) in [4.78, 5) is 22.5. The predicted octanol–water partition coefficient (Wildman–Crippen LogP) is 1.68. The first kappa shape index (κ1) is 9.71. The Kier molecular flexibility index (Phi) is 2.67. The van der Waals surface area contributed by atoms with Gasteiger partial charge >= 0.3 is 11.9 Å². The summed E-state index contributed by atoms with van der Waals surface area (Å²) in [5.41, 5.74) is 0. The number of carbonyl (C=O) groups excluding carboxylic acids is 2. The molecule has 0 saturated carbocycles. The van der Waals surface area contributed by atoms with Gasteiger partial charge in [-0.05, 0) is 30.7 Å². The molecule has 3 rings (SSSR count). The Morgan fingerprint density at radius 1 is 0.800 bits per heavy atom. The van der Waals surface area contributed by atoms with Gasteiger partial charge < -0.3 is 9.47 Å². The SMILES string of the molecule is O=C1CCCC(=O)Oc2ccc(cc2)O1. The van der Waals surface area contributed by atoms with Crippen LogP contribution in [0.25, 0.3) is 0 Å². The second-order valence-corrected chi connectivity index (χ2v) is 3.27. The molecule has 0 aromatic heterocycles. The number of benzene rings is 1. The van der Waals surface area contributed by atoms with E-state index in [0.717, 1.165) is 0 Å². The van der Waals surface area contributed by atoms with Crippen LogP contribution in [0, 0.1) is 0 Å². The molecule has 0 radical (unpaired) electrons. The number of esters is 2. The second kappa shape index (κ2) is 4.13. The highest BCUT2D eigenvalue weighted by molar-refractivity contribution is 5.76. The topological polar surface area (TPSA) is 52.6 Å². The summed E-state index contributed by atoms with van der Waals surface area (Å²) in [5.74, 6) is 0.304. The van der Waals surface area contributed by atoms with Gasteiger partial charge in [0.05, 0.1) is 0 Å². The van der Waals surface area contributed by atoms with E-state index >= 15 is 0 Å². The fraction of sp³-hybridized carbons (Fsp3) is 0.273. The minimum Gasteiger partial charge on any atom is -0.427 e. The second-order valence-electron chi connectivity index (χ2n) is 3.27. The Balaban J connectivity index is 2.24. The van der Waals surface area contributed by atoms with Crippen LogP contribution in [0.2, 0.25) is 0 Å². The molecule has 0 N–H and O–H groups in total. The van der Waals surface area contributed by atoms with Crippen molar-refractivity contribution in [1.82, 2.24) is 0 Å². The van der Waals surface area contributed by atoms with E-state index < -0.39 is 0 Å². The number of ether oxygens (including phenoxy) is 2. The molecule has 0 fully saturated rings. The molecule has 1 aromatic rings. The van der Waals surface area contributed by atoms with Crippen molar-refractivity contribution in [2.75, 3.05) is 0 Å². The minimum atomic E-state index is -0.322. The molecule has 15 heavy (non-hydrogen) atoms. The molecule has 2 aliphatic rings. The Hall–Kier alpha value is -1.84. The predicted molar refractivity (Wildman–Crippen MR) is 51.6 cm³/mol. The van der Waals surface area contributed by atoms with E-state index in [2.05, 4.69) is 0 Å². The van der Waals surface area contributed by atoms with Crippen LogP contribution in [0.1, 0.15) is 19.3 Å². The zero-order chi connectivity index (χ0) is 10.7. The van der Waals surface area contributed by atoms with Gasteiger partial charge in [0.1, 0.15) is 11.5 Å². The third kappa shape index (κ3) is 2.56. The van der Waals surface area contributed by atoms with Crippen molar-refractivity contribution < 1.29 is 19.1 Å². The van der Waals surface area contributed by atoms with E-state index in [4.69, 9.17) is 9.47 Å².